The number of nitrogens with two attached hydrogens (primary N) is 1. The summed E-state index contributed by atoms with van der Waals surface area (Å²) in [6, 6.07) is 3.17. The summed E-state index contributed by atoms with van der Waals surface area (Å²) in [5.74, 6) is -0.754. The minimum absolute atomic E-state index is 0.153. The van der Waals surface area contributed by atoms with Crippen molar-refractivity contribution in [3.8, 4) is 0 Å². The molecule has 6 heteroatoms. The summed E-state index contributed by atoms with van der Waals surface area (Å²) < 4.78 is 0. The van der Waals surface area contributed by atoms with Gasteiger partial charge in [-0.15, -0.1) is 0 Å². The summed E-state index contributed by atoms with van der Waals surface area (Å²) in [5.41, 5.74) is 5.46. The number of carbonyl (C=O) groups is 2. The van der Waals surface area contributed by atoms with Crippen molar-refractivity contribution in [1.82, 2.24) is 4.98 Å². The summed E-state index contributed by atoms with van der Waals surface area (Å²) in [7, 11) is 0. The lowest BCUT2D eigenvalue weighted by molar-refractivity contribution is -0.122. The van der Waals surface area contributed by atoms with Crippen LogP contribution in [-0.4, -0.2) is 35.1 Å². The largest absolute Gasteiger partial charge is 0.478 e. The number of aromatic carboxylic acids is 1. The molecular weight excluding hydrogens is 234 g/mol. The van der Waals surface area contributed by atoms with Crippen molar-refractivity contribution in [2.75, 3.05) is 18.0 Å². The highest BCUT2D eigenvalue weighted by molar-refractivity contribution is 5.87. The zero-order valence-electron chi connectivity index (χ0n) is 9.87. The number of aromatic nitrogens is 1. The summed E-state index contributed by atoms with van der Waals surface area (Å²) in [6.07, 6.45) is 3.01. The van der Waals surface area contributed by atoms with E-state index in [0.29, 0.717) is 12.4 Å². The zero-order valence-corrected chi connectivity index (χ0v) is 9.87. The number of hydrogen-bond acceptors (Lipinski definition) is 4. The Balaban J connectivity index is 2.11. The maximum absolute atomic E-state index is 11.2. The van der Waals surface area contributed by atoms with Gasteiger partial charge in [0.15, 0.2) is 0 Å². The number of nitrogens with zero attached hydrogens (tertiary/aromatic N) is 2. The molecule has 3 N–H and O–H groups in total. The van der Waals surface area contributed by atoms with Crippen LogP contribution in [0.5, 0.6) is 0 Å². The van der Waals surface area contributed by atoms with E-state index >= 15 is 0 Å². The fraction of sp³-hybridized carbons (Fsp3) is 0.417. The van der Waals surface area contributed by atoms with E-state index in [1.807, 2.05) is 4.90 Å². The zero-order chi connectivity index (χ0) is 13.1. The van der Waals surface area contributed by atoms with Crippen LogP contribution in [-0.2, 0) is 4.79 Å². The molecule has 0 saturated carbocycles. The molecule has 0 aliphatic carbocycles. The molecule has 2 heterocycles. The normalized spacial score (nSPS) is 19.6. The standard InChI is InChI=1S/C12H15N3O3/c13-11(16)9-2-1-5-15(7-9)10-4-3-8(6-14-10)12(17)18/h3-4,6,9H,1-2,5,7H2,(H2,13,16)(H,17,18). The highest BCUT2D eigenvalue weighted by Crippen LogP contribution is 2.21. The van der Waals surface area contributed by atoms with E-state index in [2.05, 4.69) is 4.98 Å². The number of carboxylic acids is 1. The van der Waals surface area contributed by atoms with Crippen molar-refractivity contribution >= 4 is 17.7 Å². The van der Waals surface area contributed by atoms with Crippen molar-refractivity contribution in [2.24, 2.45) is 11.7 Å². The summed E-state index contributed by atoms with van der Waals surface area (Å²) in [4.78, 5) is 28.0. The number of primary amides is 1. The van der Waals surface area contributed by atoms with Crippen molar-refractivity contribution in [2.45, 2.75) is 12.8 Å². The predicted molar refractivity (Wildman–Crippen MR) is 65.3 cm³/mol. The molecule has 1 unspecified atom stereocenters. The summed E-state index contributed by atoms with van der Waals surface area (Å²) in [5, 5.41) is 8.79. The molecule has 1 aromatic heterocycles. The van der Waals surface area contributed by atoms with Gasteiger partial charge in [0, 0.05) is 19.3 Å². The second-order valence-corrected chi connectivity index (χ2v) is 4.40. The molecule has 1 atom stereocenters. The fourth-order valence-electron chi connectivity index (χ4n) is 2.12. The van der Waals surface area contributed by atoms with E-state index in [1.54, 1.807) is 6.07 Å². The van der Waals surface area contributed by atoms with Gasteiger partial charge in [0.25, 0.3) is 0 Å². The molecule has 1 amide bonds. The van der Waals surface area contributed by atoms with E-state index in [9.17, 15) is 9.59 Å². The Hall–Kier alpha value is -2.11. The van der Waals surface area contributed by atoms with Gasteiger partial charge in [0.2, 0.25) is 5.91 Å². The molecule has 1 aliphatic heterocycles. The number of rotatable bonds is 3. The smallest absolute Gasteiger partial charge is 0.337 e. The molecule has 96 valence electrons. The highest BCUT2D eigenvalue weighted by Gasteiger charge is 2.24. The molecule has 0 aromatic carbocycles. The number of anilines is 1. The van der Waals surface area contributed by atoms with E-state index in [-0.39, 0.29) is 17.4 Å². The van der Waals surface area contributed by atoms with Gasteiger partial charge in [0.1, 0.15) is 5.82 Å². The van der Waals surface area contributed by atoms with Gasteiger partial charge in [-0.2, -0.15) is 0 Å². The Morgan fingerprint density at radius 3 is 2.78 bits per heavy atom. The van der Waals surface area contributed by atoms with Gasteiger partial charge in [-0.1, -0.05) is 0 Å². The second kappa shape index (κ2) is 5.03. The molecule has 18 heavy (non-hydrogen) atoms. The molecular formula is C12H15N3O3. The maximum atomic E-state index is 11.2. The molecule has 0 radical (unpaired) electrons. The molecule has 1 aromatic rings. The van der Waals surface area contributed by atoms with E-state index in [4.69, 9.17) is 10.8 Å². The molecule has 0 bridgehead atoms. The SMILES string of the molecule is NC(=O)C1CCCN(c2ccc(C(=O)O)cn2)C1. The van der Waals surface area contributed by atoms with Gasteiger partial charge < -0.3 is 15.7 Å². The number of carbonyl (C=O) groups excluding carboxylic acids is 1. The van der Waals surface area contributed by atoms with E-state index < -0.39 is 5.97 Å². The van der Waals surface area contributed by atoms with Crippen LogP contribution >= 0.6 is 0 Å². The fourth-order valence-corrected chi connectivity index (χ4v) is 2.12. The molecule has 1 fully saturated rings. The van der Waals surface area contributed by atoms with Crippen molar-refractivity contribution in [3.63, 3.8) is 0 Å². The average molecular weight is 249 g/mol. The number of hydrogen-bond donors (Lipinski definition) is 2. The third-order valence-corrected chi connectivity index (χ3v) is 3.14. The Morgan fingerprint density at radius 2 is 2.22 bits per heavy atom. The van der Waals surface area contributed by atoms with Crippen LogP contribution in [0.25, 0.3) is 0 Å². The number of amides is 1. The number of pyridine rings is 1. The van der Waals surface area contributed by atoms with Gasteiger partial charge in [-0.25, -0.2) is 9.78 Å². The van der Waals surface area contributed by atoms with Crippen LogP contribution < -0.4 is 10.6 Å². The number of piperidine rings is 1. The van der Waals surface area contributed by atoms with Crippen molar-refractivity contribution in [3.05, 3.63) is 23.9 Å². The first-order valence-corrected chi connectivity index (χ1v) is 5.81. The van der Waals surface area contributed by atoms with Crippen LogP contribution in [0.15, 0.2) is 18.3 Å². The highest BCUT2D eigenvalue weighted by atomic mass is 16.4. The molecule has 2 rings (SSSR count). The van der Waals surface area contributed by atoms with E-state index in [0.717, 1.165) is 19.4 Å². The van der Waals surface area contributed by atoms with Gasteiger partial charge in [0.05, 0.1) is 11.5 Å². The lowest BCUT2D eigenvalue weighted by Crippen LogP contribution is -2.41. The molecule has 6 nitrogen and oxygen atoms in total. The maximum Gasteiger partial charge on any atom is 0.337 e. The topological polar surface area (TPSA) is 96.5 Å². The van der Waals surface area contributed by atoms with Gasteiger partial charge in [-0.3, -0.25) is 4.79 Å². The Kier molecular flexibility index (Phi) is 3.45. The molecule has 1 aliphatic rings. The Labute approximate surface area is 104 Å². The van der Waals surface area contributed by atoms with Crippen LogP contribution in [0.3, 0.4) is 0 Å². The Bertz CT molecular complexity index is 458. The summed E-state index contributed by atoms with van der Waals surface area (Å²) >= 11 is 0. The Morgan fingerprint density at radius 1 is 1.44 bits per heavy atom. The average Bonchev–Trinajstić information content (AvgIpc) is 2.39. The van der Waals surface area contributed by atoms with Crippen molar-refractivity contribution in [1.29, 1.82) is 0 Å². The quantitative estimate of drug-likeness (QED) is 0.812. The van der Waals surface area contributed by atoms with Crippen molar-refractivity contribution < 1.29 is 14.7 Å². The van der Waals surface area contributed by atoms with Crippen LogP contribution in [0, 0.1) is 5.92 Å². The second-order valence-electron chi connectivity index (χ2n) is 4.40. The predicted octanol–water partition coefficient (Wildman–Crippen LogP) is 0.481. The van der Waals surface area contributed by atoms with Crippen LogP contribution in [0.4, 0.5) is 5.82 Å². The lowest BCUT2D eigenvalue weighted by Gasteiger charge is -2.32. The first-order valence-electron chi connectivity index (χ1n) is 5.81. The lowest BCUT2D eigenvalue weighted by atomic mass is 9.97. The minimum atomic E-state index is -0.997. The van der Waals surface area contributed by atoms with Gasteiger partial charge in [-0.05, 0) is 25.0 Å². The minimum Gasteiger partial charge on any atom is -0.478 e. The first kappa shape index (κ1) is 12.3. The monoisotopic (exact) mass is 249 g/mol. The first-order chi connectivity index (χ1) is 8.58. The molecule has 1 saturated heterocycles. The third kappa shape index (κ3) is 2.58. The van der Waals surface area contributed by atoms with Crippen LogP contribution in [0.2, 0.25) is 0 Å². The third-order valence-electron chi connectivity index (χ3n) is 3.14. The molecule has 0 spiro atoms. The number of carboxylic acid groups (broad SMARTS) is 1. The van der Waals surface area contributed by atoms with E-state index in [1.165, 1.54) is 12.3 Å². The van der Waals surface area contributed by atoms with Gasteiger partial charge >= 0.3 is 5.97 Å². The summed E-state index contributed by atoms with van der Waals surface area (Å²) in [6.45, 7) is 1.36. The van der Waals surface area contributed by atoms with Crippen LogP contribution in [0.1, 0.15) is 23.2 Å².